The molecule has 4 rings (SSSR count). The first-order valence-corrected chi connectivity index (χ1v) is 9.97. The maximum Gasteiger partial charge on any atom is 0.261 e. The van der Waals surface area contributed by atoms with Crippen LogP contribution in [0.2, 0.25) is 0 Å². The molecule has 3 nitrogen and oxygen atoms in total. The van der Waals surface area contributed by atoms with Crippen molar-refractivity contribution in [3.63, 3.8) is 0 Å². The largest absolute Gasteiger partial charge is 0.488 e. The Kier molecular flexibility index (Phi) is 6.21. The number of aromatic nitrogens is 1. The van der Waals surface area contributed by atoms with Crippen molar-refractivity contribution in [2.24, 2.45) is 0 Å². The van der Waals surface area contributed by atoms with Gasteiger partial charge in [0.1, 0.15) is 12.4 Å². The second-order valence-corrected chi connectivity index (χ2v) is 7.03. The standard InChI is InChI=1S/C27H23NO2/c29-27-25(17-16-22-10-4-1-5-11-22)26(30-21-24-14-8-3-9-15-24)18-19-28(27)20-23-12-6-2-7-13-23/h1-19H,20-21H2. The minimum Gasteiger partial charge on any atom is -0.488 e. The first-order chi connectivity index (χ1) is 14.8. The van der Waals surface area contributed by atoms with E-state index in [2.05, 4.69) is 0 Å². The van der Waals surface area contributed by atoms with Crippen LogP contribution in [0.5, 0.6) is 5.75 Å². The summed E-state index contributed by atoms with van der Waals surface area (Å²) in [6.07, 6.45) is 5.59. The van der Waals surface area contributed by atoms with Crippen molar-refractivity contribution < 1.29 is 4.74 Å². The van der Waals surface area contributed by atoms with Crippen molar-refractivity contribution in [1.82, 2.24) is 4.57 Å². The van der Waals surface area contributed by atoms with Gasteiger partial charge in [0, 0.05) is 6.20 Å². The van der Waals surface area contributed by atoms with Gasteiger partial charge in [0.05, 0.1) is 12.1 Å². The summed E-state index contributed by atoms with van der Waals surface area (Å²) in [6.45, 7) is 0.931. The van der Waals surface area contributed by atoms with Gasteiger partial charge in [-0.15, -0.1) is 0 Å². The molecule has 0 atom stereocenters. The molecule has 3 aromatic carbocycles. The Bertz CT molecular complexity index is 1160. The van der Waals surface area contributed by atoms with Crippen LogP contribution >= 0.6 is 0 Å². The van der Waals surface area contributed by atoms with Gasteiger partial charge in [-0.25, -0.2) is 0 Å². The van der Waals surface area contributed by atoms with Gasteiger partial charge in [-0.3, -0.25) is 4.79 Å². The van der Waals surface area contributed by atoms with Gasteiger partial charge in [0.25, 0.3) is 5.56 Å². The fraction of sp³-hybridized carbons (Fsp3) is 0.0741. The Labute approximate surface area is 176 Å². The molecule has 0 radical (unpaired) electrons. The molecule has 148 valence electrons. The Hall–Kier alpha value is -3.85. The van der Waals surface area contributed by atoms with Gasteiger partial charge in [0.15, 0.2) is 0 Å². The van der Waals surface area contributed by atoms with E-state index in [-0.39, 0.29) is 5.56 Å². The highest BCUT2D eigenvalue weighted by atomic mass is 16.5. The first-order valence-electron chi connectivity index (χ1n) is 9.97. The second-order valence-electron chi connectivity index (χ2n) is 7.03. The van der Waals surface area contributed by atoms with Crippen LogP contribution in [-0.2, 0) is 13.2 Å². The maximum atomic E-state index is 13.3. The van der Waals surface area contributed by atoms with Crippen LogP contribution in [0.1, 0.15) is 22.3 Å². The summed E-state index contributed by atoms with van der Waals surface area (Å²) in [4.78, 5) is 13.3. The van der Waals surface area contributed by atoms with E-state index < -0.39 is 0 Å². The monoisotopic (exact) mass is 393 g/mol. The number of pyridine rings is 1. The number of hydrogen-bond donors (Lipinski definition) is 0. The molecule has 1 aromatic heterocycles. The van der Waals surface area contributed by atoms with E-state index in [1.54, 1.807) is 10.8 Å². The van der Waals surface area contributed by atoms with E-state index in [4.69, 9.17) is 4.74 Å². The van der Waals surface area contributed by atoms with Crippen molar-refractivity contribution in [2.45, 2.75) is 13.2 Å². The quantitative estimate of drug-likeness (QED) is 0.406. The van der Waals surface area contributed by atoms with Crippen LogP contribution in [0, 0.1) is 0 Å². The SMILES string of the molecule is O=c1c(C=Cc2ccccc2)c(OCc2ccccc2)ccn1Cc1ccccc1. The van der Waals surface area contributed by atoms with Gasteiger partial charge in [-0.05, 0) is 28.8 Å². The topological polar surface area (TPSA) is 31.2 Å². The Morgan fingerprint density at radius 3 is 1.97 bits per heavy atom. The third kappa shape index (κ3) is 4.95. The lowest BCUT2D eigenvalue weighted by atomic mass is 10.1. The number of hydrogen-bond acceptors (Lipinski definition) is 2. The molecule has 30 heavy (non-hydrogen) atoms. The molecular formula is C27H23NO2. The summed E-state index contributed by atoms with van der Waals surface area (Å²) in [5, 5.41) is 0. The first kappa shape index (κ1) is 19.5. The zero-order chi connectivity index (χ0) is 20.6. The van der Waals surface area contributed by atoms with E-state index in [0.717, 1.165) is 16.7 Å². The molecule has 0 fully saturated rings. The molecule has 1 heterocycles. The summed E-state index contributed by atoms with van der Waals surface area (Å²) in [5.41, 5.74) is 3.65. The molecule has 0 unspecified atom stereocenters. The van der Waals surface area contributed by atoms with Gasteiger partial charge < -0.3 is 9.30 Å². The fourth-order valence-corrected chi connectivity index (χ4v) is 3.24. The minimum absolute atomic E-state index is 0.0726. The molecule has 4 aromatic rings. The van der Waals surface area contributed by atoms with Crippen molar-refractivity contribution in [1.29, 1.82) is 0 Å². The Balaban J connectivity index is 1.66. The van der Waals surface area contributed by atoms with E-state index >= 15 is 0 Å². The number of benzene rings is 3. The molecule has 0 saturated heterocycles. The van der Waals surface area contributed by atoms with Gasteiger partial charge >= 0.3 is 0 Å². The van der Waals surface area contributed by atoms with Crippen molar-refractivity contribution in [3.05, 3.63) is 136 Å². The molecule has 0 bridgehead atoms. The van der Waals surface area contributed by atoms with Crippen LogP contribution in [0.4, 0.5) is 0 Å². The highest BCUT2D eigenvalue weighted by Crippen LogP contribution is 2.19. The number of rotatable bonds is 7. The maximum absolute atomic E-state index is 13.3. The third-order valence-electron chi connectivity index (χ3n) is 4.84. The van der Waals surface area contributed by atoms with Gasteiger partial charge in [-0.2, -0.15) is 0 Å². The zero-order valence-electron chi connectivity index (χ0n) is 16.6. The molecule has 0 aliphatic carbocycles. The predicted octanol–water partition coefficient (Wildman–Crippen LogP) is 5.65. The molecular weight excluding hydrogens is 370 g/mol. The third-order valence-corrected chi connectivity index (χ3v) is 4.84. The van der Waals surface area contributed by atoms with E-state index in [1.165, 1.54) is 0 Å². The molecule has 0 aliphatic heterocycles. The van der Waals surface area contributed by atoms with Crippen LogP contribution in [-0.4, -0.2) is 4.57 Å². The molecule has 0 spiro atoms. The highest BCUT2D eigenvalue weighted by Gasteiger charge is 2.10. The Morgan fingerprint density at radius 2 is 1.30 bits per heavy atom. The normalized spacial score (nSPS) is 10.9. The average molecular weight is 393 g/mol. The summed E-state index contributed by atoms with van der Waals surface area (Å²) < 4.78 is 7.75. The van der Waals surface area contributed by atoms with Crippen LogP contribution in [0.15, 0.2) is 108 Å². The van der Waals surface area contributed by atoms with Crippen LogP contribution < -0.4 is 10.3 Å². The summed E-state index contributed by atoms with van der Waals surface area (Å²) >= 11 is 0. The molecule has 0 aliphatic rings. The average Bonchev–Trinajstić information content (AvgIpc) is 2.81. The highest BCUT2D eigenvalue weighted by molar-refractivity contribution is 5.72. The molecule has 3 heteroatoms. The fourth-order valence-electron chi connectivity index (χ4n) is 3.24. The molecule has 0 amide bonds. The summed E-state index contributed by atoms with van der Waals surface area (Å²) in [6, 6.07) is 31.7. The zero-order valence-corrected chi connectivity index (χ0v) is 16.6. The molecule has 0 saturated carbocycles. The second kappa shape index (κ2) is 9.57. The Morgan fingerprint density at radius 1 is 0.700 bits per heavy atom. The molecule has 0 N–H and O–H groups in total. The van der Waals surface area contributed by atoms with Crippen LogP contribution in [0.25, 0.3) is 12.2 Å². The lowest BCUT2D eigenvalue weighted by molar-refractivity contribution is 0.304. The van der Waals surface area contributed by atoms with Crippen molar-refractivity contribution in [2.75, 3.05) is 0 Å². The van der Waals surface area contributed by atoms with Gasteiger partial charge in [0.2, 0.25) is 0 Å². The summed E-state index contributed by atoms with van der Waals surface area (Å²) in [7, 11) is 0. The minimum atomic E-state index is -0.0726. The van der Waals surface area contributed by atoms with E-state index in [9.17, 15) is 4.79 Å². The predicted molar refractivity (Wildman–Crippen MR) is 122 cm³/mol. The number of nitrogens with zero attached hydrogens (tertiary/aromatic N) is 1. The van der Waals surface area contributed by atoms with Gasteiger partial charge in [-0.1, -0.05) is 97.1 Å². The number of ether oxygens (including phenoxy) is 1. The lowest BCUT2D eigenvalue weighted by Gasteiger charge is -2.13. The van der Waals surface area contributed by atoms with E-state index in [1.807, 2.05) is 109 Å². The lowest BCUT2D eigenvalue weighted by Crippen LogP contribution is -2.23. The van der Waals surface area contributed by atoms with Crippen LogP contribution in [0.3, 0.4) is 0 Å². The smallest absolute Gasteiger partial charge is 0.261 e. The summed E-state index contributed by atoms with van der Waals surface area (Å²) in [5.74, 6) is 0.584. The van der Waals surface area contributed by atoms with E-state index in [0.29, 0.717) is 24.5 Å². The van der Waals surface area contributed by atoms with Crippen molar-refractivity contribution in [3.8, 4) is 5.75 Å². The van der Waals surface area contributed by atoms with Crippen molar-refractivity contribution >= 4 is 12.2 Å².